The van der Waals surface area contributed by atoms with Gasteiger partial charge in [-0.15, -0.1) is 0 Å². The molecule has 2 aromatic heterocycles. The van der Waals surface area contributed by atoms with Crippen LogP contribution >= 0.6 is 0 Å². The summed E-state index contributed by atoms with van der Waals surface area (Å²) in [6.07, 6.45) is 5.17. The van der Waals surface area contributed by atoms with E-state index in [1.165, 1.54) is 6.20 Å². The highest BCUT2D eigenvalue weighted by molar-refractivity contribution is 5.66. The lowest BCUT2D eigenvalue weighted by Crippen LogP contribution is -2.08. The average molecular weight is 376 g/mol. The zero-order valence-corrected chi connectivity index (χ0v) is 14.8. The molecule has 0 saturated heterocycles. The lowest BCUT2D eigenvalue weighted by Gasteiger charge is -2.12. The predicted octanol–water partition coefficient (Wildman–Crippen LogP) is 4.34. The minimum Gasteiger partial charge on any atom is -0.492 e. The van der Waals surface area contributed by atoms with E-state index in [-0.39, 0.29) is 11.2 Å². The summed E-state index contributed by atoms with van der Waals surface area (Å²) in [7, 11) is 0. The summed E-state index contributed by atoms with van der Waals surface area (Å²) in [4.78, 5) is 18.7. The molecule has 0 bridgehead atoms. The maximum atomic E-state index is 11.1. The van der Waals surface area contributed by atoms with E-state index in [4.69, 9.17) is 9.47 Å². The first kappa shape index (κ1) is 16.5. The second-order valence-electron chi connectivity index (χ2n) is 6.94. The predicted molar refractivity (Wildman–Crippen MR) is 101 cm³/mol. The summed E-state index contributed by atoms with van der Waals surface area (Å²) in [5.41, 5.74) is 2.14. The van der Waals surface area contributed by atoms with E-state index < -0.39 is 4.92 Å². The first-order valence-electron chi connectivity index (χ1n) is 8.91. The van der Waals surface area contributed by atoms with Crippen LogP contribution in [0.1, 0.15) is 18.4 Å². The maximum absolute atomic E-state index is 11.1. The van der Waals surface area contributed by atoms with Crippen LogP contribution in [0.4, 0.5) is 17.2 Å². The molecule has 1 aromatic carbocycles. The fraction of sp³-hybridized carbons (Fsp3) is 0.200. The number of fused-ring (bicyclic) bond motifs is 2. The minimum atomic E-state index is -0.529. The Labute approximate surface area is 160 Å². The van der Waals surface area contributed by atoms with E-state index in [0.29, 0.717) is 23.9 Å². The number of nitrogens with zero attached hydrogens (tertiary/aromatic N) is 3. The van der Waals surface area contributed by atoms with Crippen LogP contribution in [0.3, 0.4) is 0 Å². The molecule has 8 heteroatoms. The number of hydrogen-bond donors (Lipinski definition) is 1. The average Bonchev–Trinajstić information content (AvgIpc) is 3.39. The Morgan fingerprint density at radius 1 is 1.14 bits per heavy atom. The summed E-state index contributed by atoms with van der Waals surface area (Å²) in [6, 6.07) is 12.5. The van der Waals surface area contributed by atoms with Crippen LogP contribution in [-0.4, -0.2) is 21.5 Å². The van der Waals surface area contributed by atoms with Crippen molar-refractivity contribution in [1.29, 1.82) is 0 Å². The number of hydrogen-bond acceptors (Lipinski definition) is 7. The van der Waals surface area contributed by atoms with Crippen molar-refractivity contribution in [3.05, 3.63) is 70.5 Å². The van der Waals surface area contributed by atoms with Gasteiger partial charge in [0.15, 0.2) is 0 Å². The molecule has 1 aliphatic carbocycles. The van der Waals surface area contributed by atoms with Crippen molar-refractivity contribution in [3.63, 3.8) is 0 Å². The topological polar surface area (TPSA) is 99.4 Å². The van der Waals surface area contributed by atoms with Gasteiger partial charge in [-0.1, -0.05) is 6.07 Å². The smallest absolute Gasteiger partial charge is 0.387 e. The van der Waals surface area contributed by atoms with Crippen molar-refractivity contribution in [2.75, 3.05) is 11.9 Å². The number of nitro groups is 1. The van der Waals surface area contributed by atoms with E-state index in [1.54, 1.807) is 30.5 Å². The molecule has 1 saturated carbocycles. The molecule has 1 spiro atoms. The second kappa shape index (κ2) is 6.19. The Hall–Kier alpha value is -3.68. The van der Waals surface area contributed by atoms with Crippen LogP contribution in [0.2, 0.25) is 0 Å². The van der Waals surface area contributed by atoms with Crippen LogP contribution in [0, 0.1) is 10.1 Å². The van der Waals surface area contributed by atoms with Crippen molar-refractivity contribution in [3.8, 4) is 17.4 Å². The lowest BCUT2D eigenvalue weighted by molar-refractivity contribution is -0.388. The van der Waals surface area contributed by atoms with Gasteiger partial charge in [-0.25, -0.2) is 4.98 Å². The number of pyridine rings is 2. The van der Waals surface area contributed by atoms with Gasteiger partial charge in [0.25, 0.3) is 0 Å². The van der Waals surface area contributed by atoms with Crippen LogP contribution in [0.15, 0.2) is 54.9 Å². The van der Waals surface area contributed by atoms with Crippen molar-refractivity contribution in [1.82, 2.24) is 9.97 Å². The summed E-state index contributed by atoms with van der Waals surface area (Å²) in [6.45, 7) is 0.711. The fourth-order valence-corrected chi connectivity index (χ4v) is 3.50. The molecule has 1 fully saturated rings. The van der Waals surface area contributed by atoms with Gasteiger partial charge >= 0.3 is 5.82 Å². The van der Waals surface area contributed by atoms with Crippen LogP contribution in [-0.2, 0) is 5.41 Å². The number of benzene rings is 1. The van der Waals surface area contributed by atoms with Crippen LogP contribution < -0.4 is 14.8 Å². The highest BCUT2D eigenvalue weighted by Gasteiger charge is 2.52. The summed E-state index contributed by atoms with van der Waals surface area (Å²) in [5.74, 6) is 1.86. The molecule has 0 unspecified atom stereocenters. The molecule has 28 heavy (non-hydrogen) atoms. The standard InChI is InChI=1S/C20H16N4O4/c25-24(26)19-14(3-2-10-21-19)23-13-6-7-17(22-11-13)28-16-5-1-4-15-18(16)20(8-9-20)12-27-15/h1-7,10-11,23H,8-9,12H2. The second-order valence-corrected chi connectivity index (χ2v) is 6.94. The lowest BCUT2D eigenvalue weighted by atomic mass is 9.97. The van der Waals surface area contributed by atoms with Crippen molar-refractivity contribution in [2.24, 2.45) is 0 Å². The van der Waals surface area contributed by atoms with E-state index in [0.717, 1.165) is 29.9 Å². The molecule has 5 rings (SSSR count). The van der Waals surface area contributed by atoms with Gasteiger partial charge in [-0.05, 0) is 53.1 Å². The molecule has 1 N–H and O–H groups in total. The van der Waals surface area contributed by atoms with Crippen molar-refractivity contribution in [2.45, 2.75) is 18.3 Å². The van der Waals surface area contributed by atoms with Gasteiger partial charge in [0, 0.05) is 17.0 Å². The quantitative estimate of drug-likeness (QED) is 0.522. The Balaban J connectivity index is 1.36. The number of anilines is 2. The van der Waals surface area contributed by atoms with Crippen LogP contribution in [0.25, 0.3) is 0 Å². The number of rotatable bonds is 5. The molecular weight excluding hydrogens is 360 g/mol. The third-order valence-corrected chi connectivity index (χ3v) is 5.07. The van der Waals surface area contributed by atoms with Gasteiger partial charge in [-0.2, -0.15) is 0 Å². The molecule has 3 aromatic rings. The number of nitrogens with one attached hydrogen (secondary N) is 1. The van der Waals surface area contributed by atoms with E-state index >= 15 is 0 Å². The van der Waals surface area contributed by atoms with Crippen molar-refractivity contribution < 1.29 is 14.4 Å². The van der Waals surface area contributed by atoms with Gasteiger partial charge < -0.3 is 24.9 Å². The molecule has 3 heterocycles. The number of aromatic nitrogens is 2. The van der Waals surface area contributed by atoms with Crippen molar-refractivity contribution >= 4 is 17.2 Å². The van der Waals surface area contributed by atoms with E-state index in [2.05, 4.69) is 15.3 Å². The highest BCUT2D eigenvalue weighted by atomic mass is 16.6. The largest absolute Gasteiger partial charge is 0.492 e. The van der Waals surface area contributed by atoms with Crippen LogP contribution in [0.5, 0.6) is 17.4 Å². The van der Waals surface area contributed by atoms with Gasteiger partial charge in [0.2, 0.25) is 5.88 Å². The highest BCUT2D eigenvalue weighted by Crippen LogP contribution is 2.58. The van der Waals surface area contributed by atoms with Gasteiger partial charge in [0.1, 0.15) is 23.4 Å². The third kappa shape index (κ3) is 2.79. The zero-order chi connectivity index (χ0) is 19.1. The van der Waals surface area contributed by atoms with Gasteiger partial charge in [0.05, 0.1) is 18.5 Å². The van der Waals surface area contributed by atoms with E-state index in [1.807, 2.05) is 18.2 Å². The first-order valence-corrected chi connectivity index (χ1v) is 8.91. The molecular formula is C20H16N4O4. The Morgan fingerprint density at radius 3 is 2.79 bits per heavy atom. The number of ether oxygens (including phenoxy) is 2. The molecule has 8 nitrogen and oxygen atoms in total. The molecule has 140 valence electrons. The van der Waals surface area contributed by atoms with E-state index in [9.17, 15) is 10.1 Å². The normalized spacial score (nSPS) is 15.6. The Kier molecular flexibility index (Phi) is 3.65. The fourth-order valence-electron chi connectivity index (χ4n) is 3.50. The SMILES string of the molecule is O=[N+]([O-])c1ncccc1Nc1ccc(Oc2cccc3c2C2(CC2)CO3)nc1. The molecule has 2 aliphatic rings. The summed E-state index contributed by atoms with van der Waals surface area (Å²) < 4.78 is 11.8. The Bertz CT molecular complexity index is 1060. The Morgan fingerprint density at radius 2 is 2.04 bits per heavy atom. The zero-order valence-electron chi connectivity index (χ0n) is 14.8. The first-order chi connectivity index (χ1) is 13.6. The molecule has 1 aliphatic heterocycles. The third-order valence-electron chi connectivity index (χ3n) is 5.07. The monoisotopic (exact) mass is 376 g/mol. The molecule has 0 amide bonds. The minimum absolute atomic E-state index is 0.104. The summed E-state index contributed by atoms with van der Waals surface area (Å²) in [5, 5.41) is 14.0. The molecule has 0 radical (unpaired) electrons. The maximum Gasteiger partial charge on any atom is 0.387 e. The van der Waals surface area contributed by atoms with Gasteiger partial charge in [-0.3, -0.25) is 0 Å². The molecule has 0 atom stereocenters. The summed E-state index contributed by atoms with van der Waals surface area (Å²) >= 11 is 0.